The Kier molecular flexibility index (Phi) is 4.20. The molecule has 4 nitrogen and oxygen atoms in total. The summed E-state index contributed by atoms with van der Waals surface area (Å²) in [5.74, 6) is 1.04. The number of fused-ring (bicyclic) bond motifs is 3. The molecule has 0 radical (unpaired) electrons. The molecule has 6 unspecified atom stereocenters. The molecule has 2 bridgehead atoms. The highest BCUT2D eigenvalue weighted by Crippen LogP contribution is 2.70. The minimum absolute atomic E-state index is 0.00491. The Morgan fingerprint density at radius 2 is 1.88 bits per heavy atom. The number of hydrogen-bond acceptors (Lipinski definition) is 4. The predicted octanol–water partition coefficient (Wildman–Crippen LogP) is 4.36. The summed E-state index contributed by atoms with van der Waals surface area (Å²) in [5.41, 5.74) is 0.705. The summed E-state index contributed by atoms with van der Waals surface area (Å²) in [4.78, 5) is 23.9. The van der Waals surface area contributed by atoms with Crippen molar-refractivity contribution in [2.45, 2.75) is 72.6 Å². The monoisotopic (exact) mass is 362 g/mol. The van der Waals surface area contributed by atoms with E-state index >= 15 is 0 Å². The van der Waals surface area contributed by atoms with E-state index in [9.17, 15) is 9.59 Å². The van der Waals surface area contributed by atoms with Crippen molar-refractivity contribution in [3.63, 3.8) is 0 Å². The minimum atomic E-state index is -0.242. The number of ether oxygens (including phenoxy) is 2. The number of carbonyl (C=O) groups excluding carboxylic acids is 2. The van der Waals surface area contributed by atoms with Gasteiger partial charge in [-0.25, -0.2) is 0 Å². The van der Waals surface area contributed by atoms with Gasteiger partial charge in [-0.1, -0.05) is 27.2 Å². The number of cyclic esters (lactones) is 1. The molecule has 1 heterocycles. The van der Waals surface area contributed by atoms with Gasteiger partial charge in [-0.15, -0.1) is 0 Å². The molecule has 146 valence electrons. The molecule has 4 rings (SSSR count). The first kappa shape index (κ1) is 18.3. The van der Waals surface area contributed by atoms with Gasteiger partial charge < -0.3 is 9.47 Å². The molecule has 0 aromatic rings. The van der Waals surface area contributed by atoms with Crippen molar-refractivity contribution in [3.8, 4) is 0 Å². The highest BCUT2D eigenvalue weighted by atomic mass is 16.5. The van der Waals surface area contributed by atoms with Crippen molar-refractivity contribution < 1.29 is 19.1 Å². The molecule has 1 aliphatic heterocycles. The Labute approximate surface area is 157 Å². The van der Waals surface area contributed by atoms with E-state index in [1.165, 1.54) is 32.6 Å². The van der Waals surface area contributed by atoms with Gasteiger partial charge in [-0.2, -0.15) is 0 Å². The Bertz CT molecular complexity index is 611. The second-order valence-electron chi connectivity index (χ2n) is 10.4. The van der Waals surface area contributed by atoms with Crippen molar-refractivity contribution in [1.82, 2.24) is 0 Å². The van der Waals surface area contributed by atoms with E-state index in [1.807, 2.05) is 0 Å². The van der Waals surface area contributed by atoms with Gasteiger partial charge in [0.15, 0.2) is 0 Å². The molecule has 0 aromatic carbocycles. The largest absolute Gasteiger partial charge is 0.466 e. The minimum Gasteiger partial charge on any atom is -0.466 e. The van der Waals surface area contributed by atoms with Crippen LogP contribution < -0.4 is 0 Å². The molecule has 3 saturated carbocycles. The SMILES string of the molecule is CC(=O)OCC1C2CCC3C4(C)CCCC(C)(C)C4CCC13COC2=O. The van der Waals surface area contributed by atoms with Crippen molar-refractivity contribution in [2.75, 3.05) is 13.2 Å². The van der Waals surface area contributed by atoms with Gasteiger partial charge in [0, 0.05) is 18.3 Å². The highest BCUT2D eigenvalue weighted by Gasteiger charge is 2.66. The smallest absolute Gasteiger partial charge is 0.309 e. The van der Waals surface area contributed by atoms with Crippen LogP contribution >= 0.6 is 0 Å². The Balaban J connectivity index is 1.71. The van der Waals surface area contributed by atoms with Gasteiger partial charge in [-0.3, -0.25) is 9.59 Å². The maximum absolute atomic E-state index is 12.4. The molecule has 0 amide bonds. The van der Waals surface area contributed by atoms with Gasteiger partial charge >= 0.3 is 11.9 Å². The third-order valence-electron chi connectivity index (χ3n) is 8.91. The van der Waals surface area contributed by atoms with Crippen LogP contribution in [0.15, 0.2) is 0 Å². The van der Waals surface area contributed by atoms with E-state index in [4.69, 9.17) is 9.47 Å². The molecule has 6 atom stereocenters. The van der Waals surface area contributed by atoms with Gasteiger partial charge in [0.25, 0.3) is 0 Å². The third-order valence-corrected chi connectivity index (χ3v) is 8.91. The van der Waals surface area contributed by atoms with E-state index in [0.29, 0.717) is 30.0 Å². The van der Waals surface area contributed by atoms with Crippen LogP contribution in [-0.2, 0) is 19.1 Å². The molecular formula is C22H34O4. The molecule has 3 aliphatic carbocycles. The van der Waals surface area contributed by atoms with Crippen molar-refractivity contribution >= 4 is 11.9 Å². The summed E-state index contributed by atoms with van der Waals surface area (Å²) in [6, 6.07) is 0. The average Bonchev–Trinajstić information content (AvgIpc) is 2.55. The van der Waals surface area contributed by atoms with E-state index in [0.717, 1.165) is 25.2 Å². The fourth-order valence-electron chi connectivity index (χ4n) is 7.92. The van der Waals surface area contributed by atoms with Crippen LogP contribution in [0, 0.1) is 39.9 Å². The van der Waals surface area contributed by atoms with E-state index in [-0.39, 0.29) is 29.2 Å². The molecular weight excluding hydrogens is 328 g/mol. The zero-order chi connectivity index (χ0) is 18.7. The number of rotatable bonds is 2. The van der Waals surface area contributed by atoms with E-state index < -0.39 is 0 Å². The Morgan fingerprint density at radius 1 is 1.12 bits per heavy atom. The molecule has 4 heteroatoms. The van der Waals surface area contributed by atoms with Crippen LogP contribution in [0.3, 0.4) is 0 Å². The van der Waals surface area contributed by atoms with Gasteiger partial charge in [-0.05, 0) is 61.2 Å². The summed E-state index contributed by atoms with van der Waals surface area (Å²) < 4.78 is 11.2. The lowest BCUT2D eigenvalue weighted by Gasteiger charge is -2.67. The van der Waals surface area contributed by atoms with Crippen LogP contribution in [0.4, 0.5) is 0 Å². The normalized spacial score (nSPS) is 46.5. The van der Waals surface area contributed by atoms with Crippen molar-refractivity contribution in [1.29, 1.82) is 0 Å². The molecule has 4 aliphatic rings. The van der Waals surface area contributed by atoms with Gasteiger partial charge in [0.2, 0.25) is 0 Å². The first-order valence-electron chi connectivity index (χ1n) is 10.5. The summed E-state index contributed by atoms with van der Waals surface area (Å²) in [6.07, 6.45) is 8.23. The second-order valence-corrected chi connectivity index (χ2v) is 10.4. The van der Waals surface area contributed by atoms with Crippen molar-refractivity contribution in [2.24, 2.45) is 39.9 Å². The third kappa shape index (κ3) is 2.46. The van der Waals surface area contributed by atoms with E-state index in [2.05, 4.69) is 20.8 Å². The lowest BCUT2D eigenvalue weighted by Crippen LogP contribution is -2.65. The zero-order valence-corrected chi connectivity index (χ0v) is 16.8. The van der Waals surface area contributed by atoms with Gasteiger partial charge in [0.1, 0.15) is 0 Å². The Hall–Kier alpha value is -1.06. The van der Waals surface area contributed by atoms with Crippen LogP contribution in [0.25, 0.3) is 0 Å². The fraction of sp³-hybridized carbons (Fsp3) is 0.909. The Morgan fingerprint density at radius 3 is 2.62 bits per heavy atom. The lowest BCUT2D eigenvalue weighted by molar-refractivity contribution is -0.236. The topological polar surface area (TPSA) is 52.6 Å². The van der Waals surface area contributed by atoms with Crippen LogP contribution in [0.5, 0.6) is 0 Å². The summed E-state index contributed by atoms with van der Waals surface area (Å²) in [7, 11) is 0. The van der Waals surface area contributed by atoms with Crippen molar-refractivity contribution in [3.05, 3.63) is 0 Å². The standard InChI is InChI=1S/C22H34O4/c1-14(23)25-12-16-15-6-7-18-21(4)10-5-9-20(2,3)17(21)8-11-22(16,18)13-26-19(15)24/h15-18H,5-13H2,1-4H3. The molecule has 0 N–H and O–H groups in total. The summed E-state index contributed by atoms with van der Waals surface area (Å²) in [5, 5.41) is 0. The highest BCUT2D eigenvalue weighted by molar-refractivity contribution is 5.74. The number of hydrogen-bond donors (Lipinski definition) is 0. The van der Waals surface area contributed by atoms with E-state index in [1.54, 1.807) is 0 Å². The molecule has 26 heavy (non-hydrogen) atoms. The maximum atomic E-state index is 12.4. The lowest BCUT2D eigenvalue weighted by atomic mass is 9.38. The van der Waals surface area contributed by atoms with Gasteiger partial charge in [0.05, 0.1) is 19.1 Å². The molecule has 1 spiro atoms. The first-order chi connectivity index (χ1) is 12.2. The number of esters is 2. The predicted molar refractivity (Wildman–Crippen MR) is 98.2 cm³/mol. The average molecular weight is 363 g/mol. The molecule has 1 saturated heterocycles. The maximum Gasteiger partial charge on any atom is 0.309 e. The summed E-state index contributed by atoms with van der Waals surface area (Å²) in [6.45, 7) is 9.81. The molecule has 0 aromatic heterocycles. The summed E-state index contributed by atoms with van der Waals surface area (Å²) >= 11 is 0. The first-order valence-corrected chi connectivity index (χ1v) is 10.5. The fourth-order valence-corrected chi connectivity index (χ4v) is 7.92. The second kappa shape index (κ2) is 5.97. The van der Waals surface area contributed by atoms with Crippen LogP contribution in [0.1, 0.15) is 72.6 Å². The quantitative estimate of drug-likeness (QED) is 0.685. The molecule has 4 fully saturated rings. The van der Waals surface area contributed by atoms with Crippen LogP contribution in [-0.4, -0.2) is 25.2 Å². The number of carbonyl (C=O) groups is 2. The van der Waals surface area contributed by atoms with Crippen LogP contribution in [0.2, 0.25) is 0 Å². The zero-order valence-electron chi connectivity index (χ0n) is 16.8.